The maximum atomic E-state index is 14.9. The minimum Gasteiger partial charge on any atom is -0.458 e. The molecule has 2 heterocycles. The summed E-state index contributed by atoms with van der Waals surface area (Å²) in [4.78, 5) is 37.1. The number of nitrogens with zero attached hydrogens (tertiary/aromatic N) is 1. The Morgan fingerprint density at radius 2 is 2.32 bits per heavy atom. The zero-order chi connectivity index (χ0) is 19.9. The number of hydrogen-bond donors (Lipinski definition) is 3. The molecular formula is C15H22FN3O6. The average Bonchev–Trinajstić information content (AvgIpc) is 2.78. The van der Waals surface area contributed by atoms with Gasteiger partial charge in [0, 0.05) is 18.2 Å². The van der Waals surface area contributed by atoms with Gasteiger partial charge in [-0.3, -0.25) is 19.1 Å². The van der Waals surface area contributed by atoms with Crippen LogP contribution in [-0.2, 0) is 14.3 Å². The summed E-state index contributed by atoms with van der Waals surface area (Å²) in [5.74, 6) is -3.78. The van der Waals surface area contributed by atoms with E-state index in [0.29, 0.717) is 4.57 Å². The number of nitrogens with one attached hydrogen (secondary N) is 1. The molecule has 0 radical (unpaired) electrons. The number of hydrogen-bond acceptors (Lipinski definition) is 7. The molecule has 140 valence electrons. The van der Waals surface area contributed by atoms with E-state index in [2.05, 4.69) is 0 Å². The molecule has 0 unspecified atom stereocenters. The molecule has 2 rings (SSSR count). The summed E-state index contributed by atoms with van der Waals surface area (Å²) < 4.78 is 33.4. The fourth-order valence-corrected chi connectivity index (χ4v) is 2.25. The normalized spacial score (nSPS) is 31.0. The summed E-state index contributed by atoms with van der Waals surface area (Å²) >= 11 is 0. The van der Waals surface area contributed by atoms with Gasteiger partial charge in [-0.15, -0.1) is 0 Å². The first-order valence-electron chi connectivity index (χ1n) is 8.22. The van der Waals surface area contributed by atoms with Crippen LogP contribution in [0.1, 0.15) is 33.4 Å². The van der Waals surface area contributed by atoms with E-state index in [-0.39, 0.29) is 11.5 Å². The Bertz CT molecular complexity index is 811. The molecule has 1 aromatic heterocycles. The van der Waals surface area contributed by atoms with Crippen LogP contribution >= 0.6 is 0 Å². The Hall–Kier alpha value is -2.04. The number of aryl methyl sites for hydroxylation is 1. The third kappa shape index (κ3) is 4.14. The van der Waals surface area contributed by atoms with Crippen LogP contribution in [0.15, 0.2) is 15.8 Å². The smallest absolute Gasteiger partial charge is 0.330 e. The van der Waals surface area contributed by atoms with Gasteiger partial charge in [0.25, 0.3) is 5.56 Å². The summed E-state index contributed by atoms with van der Waals surface area (Å²) in [6.45, 7) is 3.84. The number of alkyl halides is 1. The minimum atomic E-state index is -2.70. The summed E-state index contributed by atoms with van der Waals surface area (Å²) in [6, 6.07) is -0.963. The summed E-state index contributed by atoms with van der Waals surface area (Å²) in [7, 11) is 0. The van der Waals surface area contributed by atoms with Crippen molar-refractivity contribution in [3.05, 3.63) is 32.6 Å². The lowest BCUT2D eigenvalue weighted by Gasteiger charge is -2.22. The number of halogens is 1. The number of ether oxygens (including phenoxy) is 2. The van der Waals surface area contributed by atoms with Gasteiger partial charge < -0.3 is 20.3 Å². The van der Waals surface area contributed by atoms with Crippen molar-refractivity contribution >= 4 is 5.97 Å². The molecule has 1 fully saturated rings. The topological polar surface area (TPSA) is 137 Å². The Kier molecular flexibility index (Phi) is 5.02. The van der Waals surface area contributed by atoms with Crippen LogP contribution in [0.4, 0.5) is 4.39 Å². The van der Waals surface area contributed by atoms with Gasteiger partial charge in [0.05, 0.1) is 1.37 Å². The van der Waals surface area contributed by atoms with Gasteiger partial charge >= 0.3 is 11.7 Å². The van der Waals surface area contributed by atoms with E-state index in [9.17, 15) is 23.9 Å². The predicted octanol–water partition coefficient (Wildman–Crippen LogP) is -0.683. The van der Waals surface area contributed by atoms with Crippen molar-refractivity contribution in [2.45, 2.75) is 51.4 Å². The second-order valence-corrected chi connectivity index (χ2v) is 6.36. The highest BCUT2D eigenvalue weighted by molar-refractivity contribution is 5.75. The lowest BCUT2D eigenvalue weighted by atomic mass is 10.1. The monoisotopic (exact) mass is 360 g/mol. The second kappa shape index (κ2) is 7.06. The fraction of sp³-hybridized carbons (Fsp3) is 0.667. The highest BCUT2D eigenvalue weighted by Gasteiger charge is 2.49. The largest absolute Gasteiger partial charge is 0.458 e. The van der Waals surface area contributed by atoms with Crippen LogP contribution in [0.2, 0.25) is 0 Å². The van der Waals surface area contributed by atoms with Gasteiger partial charge in [0.1, 0.15) is 12.1 Å². The number of aromatic amines is 1. The quantitative estimate of drug-likeness (QED) is 0.592. The maximum Gasteiger partial charge on any atom is 0.330 e. The molecule has 0 amide bonds. The molecule has 9 nitrogen and oxygen atoms in total. The fourth-order valence-electron chi connectivity index (χ4n) is 2.25. The summed E-state index contributed by atoms with van der Waals surface area (Å²) in [6.07, 6.45) is -4.02. The van der Waals surface area contributed by atoms with Crippen molar-refractivity contribution in [3.8, 4) is 0 Å². The summed E-state index contributed by atoms with van der Waals surface area (Å²) in [5.41, 5.74) is 3.95. The molecule has 0 spiro atoms. The maximum absolute atomic E-state index is 14.9. The number of carbonyl (C=O) groups is 1. The SMILES string of the molecule is [2H][C@@]1(n2cc(C)c(=O)[nH]c2=O)O[C@](F)(COC(=O)[C@@H](N)C(C)C)C[C@H]1O. The van der Waals surface area contributed by atoms with Crippen molar-refractivity contribution in [2.75, 3.05) is 6.61 Å². The molecule has 1 saturated heterocycles. The van der Waals surface area contributed by atoms with Gasteiger partial charge in [-0.05, 0) is 12.8 Å². The van der Waals surface area contributed by atoms with Crippen LogP contribution in [0.25, 0.3) is 0 Å². The highest BCUT2D eigenvalue weighted by Crippen LogP contribution is 2.37. The van der Waals surface area contributed by atoms with Gasteiger partial charge in [0.2, 0.25) is 5.85 Å². The van der Waals surface area contributed by atoms with E-state index in [0.717, 1.165) is 6.20 Å². The van der Waals surface area contributed by atoms with E-state index >= 15 is 0 Å². The van der Waals surface area contributed by atoms with Crippen LogP contribution in [0.3, 0.4) is 0 Å². The van der Waals surface area contributed by atoms with Gasteiger partial charge in [-0.1, -0.05) is 13.8 Å². The van der Waals surface area contributed by atoms with Crippen molar-refractivity contribution in [2.24, 2.45) is 11.7 Å². The Morgan fingerprint density at radius 1 is 1.68 bits per heavy atom. The van der Waals surface area contributed by atoms with Crippen LogP contribution in [0, 0.1) is 12.8 Å². The van der Waals surface area contributed by atoms with Gasteiger partial charge in [-0.2, -0.15) is 0 Å². The Balaban J connectivity index is 2.22. The molecule has 1 aromatic rings. The standard InChI is InChI=1S/C15H22FN3O6/c1-7(2)10(17)13(22)24-6-15(16)4-9(20)12(25-15)19-5-8(3)11(21)18-14(19)23/h5,7,9-10,12,20H,4,6,17H2,1-3H3,(H,18,21,23)/t9-,10+,12-,15+/m1/s1/i12D. The van der Waals surface area contributed by atoms with Crippen LogP contribution < -0.4 is 17.0 Å². The van der Waals surface area contributed by atoms with Gasteiger partial charge in [0.15, 0.2) is 12.8 Å². The second-order valence-electron chi connectivity index (χ2n) is 6.36. The molecule has 4 N–H and O–H groups in total. The third-order valence-electron chi connectivity index (χ3n) is 3.85. The average molecular weight is 360 g/mol. The zero-order valence-corrected chi connectivity index (χ0v) is 14.1. The molecule has 0 aromatic carbocycles. The van der Waals surface area contributed by atoms with Crippen LogP contribution in [-0.4, -0.2) is 45.2 Å². The van der Waals surface area contributed by atoms with Crippen molar-refractivity contribution in [3.63, 3.8) is 0 Å². The number of esters is 1. The molecule has 0 saturated carbocycles. The lowest BCUT2D eigenvalue weighted by Crippen LogP contribution is -2.40. The van der Waals surface area contributed by atoms with E-state index in [4.69, 9.17) is 16.6 Å². The Morgan fingerprint density at radius 3 is 2.92 bits per heavy atom. The van der Waals surface area contributed by atoms with Crippen molar-refractivity contribution in [1.29, 1.82) is 0 Å². The number of aromatic nitrogens is 2. The Labute approximate surface area is 144 Å². The first kappa shape index (κ1) is 17.8. The molecular weight excluding hydrogens is 337 g/mol. The number of rotatable bonds is 5. The van der Waals surface area contributed by atoms with Crippen LogP contribution in [0.5, 0.6) is 0 Å². The van der Waals surface area contributed by atoms with E-state index in [1.165, 1.54) is 6.92 Å². The van der Waals surface area contributed by atoms with E-state index in [1.54, 1.807) is 13.8 Å². The van der Waals surface area contributed by atoms with Crippen molar-refractivity contribution < 1.29 is 25.1 Å². The molecule has 25 heavy (non-hydrogen) atoms. The van der Waals surface area contributed by atoms with Crippen molar-refractivity contribution in [1.82, 2.24) is 9.55 Å². The molecule has 1 aliphatic heterocycles. The first-order valence-corrected chi connectivity index (χ1v) is 7.72. The minimum absolute atomic E-state index is 0.0673. The third-order valence-corrected chi connectivity index (χ3v) is 3.85. The number of aliphatic hydroxyl groups is 1. The lowest BCUT2D eigenvalue weighted by molar-refractivity contribution is -0.196. The molecule has 1 aliphatic rings. The molecule has 0 bridgehead atoms. The zero-order valence-electron chi connectivity index (χ0n) is 15.1. The highest BCUT2D eigenvalue weighted by atomic mass is 19.2. The first-order chi connectivity index (χ1) is 11.9. The van der Waals surface area contributed by atoms with Gasteiger partial charge in [-0.25, -0.2) is 9.18 Å². The number of H-pyrrole nitrogens is 1. The number of nitrogens with two attached hydrogens (primary N) is 1. The number of aliphatic hydroxyl groups excluding tert-OH is 1. The van der Waals surface area contributed by atoms with E-state index < -0.39 is 54.5 Å². The van der Waals surface area contributed by atoms with E-state index in [1.807, 2.05) is 4.98 Å². The predicted molar refractivity (Wildman–Crippen MR) is 84.4 cm³/mol. The molecule has 0 aliphatic carbocycles. The number of carbonyl (C=O) groups excluding carboxylic acids is 1. The summed E-state index contributed by atoms with van der Waals surface area (Å²) in [5, 5.41) is 10.1. The molecule has 10 heteroatoms. The molecule has 4 atom stereocenters.